The molecule has 0 saturated carbocycles. The van der Waals surface area contributed by atoms with Crippen LogP contribution in [0.4, 0.5) is 4.79 Å². The zero-order valence-corrected chi connectivity index (χ0v) is 20.6. The molecule has 0 spiro atoms. The molecule has 2 aliphatic rings. The fourth-order valence-corrected chi connectivity index (χ4v) is 4.84. The van der Waals surface area contributed by atoms with E-state index in [0.717, 1.165) is 17.5 Å². The number of oxime groups is 1. The molecule has 2 aliphatic heterocycles. The van der Waals surface area contributed by atoms with Crippen LogP contribution in [0.3, 0.4) is 0 Å². The van der Waals surface area contributed by atoms with Crippen LogP contribution in [0.1, 0.15) is 50.7 Å². The summed E-state index contributed by atoms with van der Waals surface area (Å²) in [6.45, 7) is 6.45. The Balaban J connectivity index is 1.64. The molecule has 6 nitrogen and oxygen atoms in total. The highest BCUT2D eigenvalue weighted by Gasteiger charge is 2.44. The molecule has 0 aliphatic carbocycles. The predicted molar refractivity (Wildman–Crippen MR) is 132 cm³/mol. The number of nitrogens with zero attached hydrogens (tertiary/aromatic N) is 2. The molecule has 2 heterocycles. The smallest absolute Gasteiger partial charge is 0.410 e. The van der Waals surface area contributed by atoms with Crippen molar-refractivity contribution in [3.63, 3.8) is 0 Å². The molecular formula is C27H31ClN2O4. The highest BCUT2D eigenvalue weighted by atomic mass is 35.5. The lowest BCUT2D eigenvalue weighted by Gasteiger charge is -2.33. The second kappa shape index (κ2) is 10.2. The van der Waals surface area contributed by atoms with Crippen molar-refractivity contribution in [1.82, 2.24) is 4.90 Å². The first-order valence-electron chi connectivity index (χ1n) is 11.8. The van der Waals surface area contributed by atoms with Crippen molar-refractivity contribution in [1.29, 1.82) is 0 Å². The lowest BCUT2D eigenvalue weighted by Crippen LogP contribution is -2.46. The van der Waals surface area contributed by atoms with E-state index in [-0.39, 0.29) is 17.7 Å². The van der Waals surface area contributed by atoms with E-state index in [0.29, 0.717) is 36.7 Å². The summed E-state index contributed by atoms with van der Waals surface area (Å²) >= 11 is 6.13. The maximum Gasteiger partial charge on any atom is 0.410 e. The van der Waals surface area contributed by atoms with Gasteiger partial charge in [-0.1, -0.05) is 59.2 Å². The maximum absolute atomic E-state index is 14.0. The molecule has 0 N–H and O–H groups in total. The van der Waals surface area contributed by atoms with Crippen molar-refractivity contribution in [2.75, 3.05) is 13.2 Å². The van der Waals surface area contributed by atoms with E-state index in [1.54, 1.807) is 17.0 Å². The van der Waals surface area contributed by atoms with E-state index in [1.165, 1.54) is 0 Å². The molecule has 34 heavy (non-hydrogen) atoms. The van der Waals surface area contributed by atoms with E-state index in [1.807, 2.05) is 63.2 Å². The molecule has 1 amide bonds. The third-order valence-electron chi connectivity index (χ3n) is 6.23. The van der Waals surface area contributed by atoms with Gasteiger partial charge < -0.3 is 14.5 Å². The van der Waals surface area contributed by atoms with Gasteiger partial charge in [0, 0.05) is 23.5 Å². The van der Waals surface area contributed by atoms with Crippen LogP contribution < -0.4 is 0 Å². The van der Waals surface area contributed by atoms with Crippen molar-refractivity contribution in [3.8, 4) is 0 Å². The second-order valence-electron chi connectivity index (χ2n) is 9.94. The average Bonchev–Trinajstić information content (AvgIpc) is 3.45. The number of benzene rings is 2. The molecule has 1 saturated heterocycles. The zero-order chi connectivity index (χ0) is 24.3. The highest BCUT2D eigenvalue weighted by molar-refractivity contribution is 6.43. The summed E-state index contributed by atoms with van der Waals surface area (Å²) in [7, 11) is 0. The number of rotatable bonds is 6. The van der Waals surface area contributed by atoms with Crippen LogP contribution in [0.15, 0.2) is 59.8 Å². The monoisotopic (exact) mass is 482 g/mol. The molecule has 180 valence electrons. The van der Waals surface area contributed by atoms with Gasteiger partial charge in [0.05, 0.1) is 5.92 Å². The third kappa shape index (κ3) is 5.61. The summed E-state index contributed by atoms with van der Waals surface area (Å²) in [5.41, 5.74) is 1.74. The second-order valence-corrected chi connectivity index (χ2v) is 10.4. The first kappa shape index (κ1) is 24.3. The number of carbonyl (C=O) groups is 2. The van der Waals surface area contributed by atoms with Crippen LogP contribution in [0.2, 0.25) is 5.02 Å². The lowest BCUT2D eigenvalue weighted by molar-refractivity contribution is -0.115. The van der Waals surface area contributed by atoms with Gasteiger partial charge in [-0.3, -0.25) is 4.79 Å². The van der Waals surface area contributed by atoms with E-state index in [9.17, 15) is 9.59 Å². The van der Waals surface area contributed by atoms with E-state index < -0.39 is 17.6 Å². The van der Waals surface area contributed by atoms with E-state index in [2.05, 4.69) is 5.16 Å². The van der Waals surface area contributed by atoms with Crippen LogP contribution in [-0.4, -0.2) is 47.3 Å². The molecule has 4 rings (SSSR count). The molecular weight excluding hydrogens is 452 g/mol. The molecule has 3 atom stereocenters. The van der Waals surface area contributed by atoms with Crippen molar-refractivity contribution >= 4 is 29.2 Å². The van der Waals surface area contributed by atoms with Crippen LogP contribution in [0, 0.1) is 5.92 Å². The van der Waals surface area contributed by atoms with Crippen LogP contribution in [0.25, 0.3) is 0 Å². The fraction of sp³-hybridized carbons (Fsp3) is 0.444. The molecule has 1 fully saturated rings. The molecule has 0 radical (unpaired) electrons. The SMILES string of the molecule is CC(C)(C)OC(=O)N1CCC[C@H]1[C@@H](C(=O)C1=NOC[C@@H]1Cc1ccccc1)c1ccc(Cl)cc1. The Hall–Kier alpha value is -2.86. The Bertz CT molecular complexity index is 1050. The Morgan fingerprint density at radius 3 is 2.53 bits per heavy atom. The van der Waals surface area contributed by atoms with Crippen LogP contribution in [-0.2, 0) is 20.8 Å². The Morgan fingerprint density at radius 1 is 1.15 bits per heavy atom. The van der Waals surface area contributed by atoms with Gasteiger partial charge in [-0.25, -0.2) is 4.79 Å². The zero-order valence-electron chi connectivity index (χ0n) is 19.9. The van der Waals surface area contributed by atoms with Gasteiger partial charge in [-0.2, -0.15) is 0 Å². The standard InChI is InChI=1S/C27H31ClN2O4/c1-27(2,3)34-26(32)30-15-7-10-22(30)23(19-11-13-21(28)14-12-19)25(31)24-20(17-33-29-24)16-18-8-5-4-6-9-18/h4-6,8-9,11-14,20,22-23H,7,10,15-17H2,1-3H3/t20-,22-,23-/m0/s1. The van der Waals surface area contributed by atoms with Gasteiger partial charge in [0.1, 0.15) is 17.9 Å². The topological polar surface area (TPSA) is 68.2 Å². The summed E-state index contributed by atoms with van der Waals surface area (Å²) in [4.78, 5) is 34.2. The number of Topliss-reactive ketones (excluding diaryl/α,β-unsaturated/α-hetero) is 1. The number of ether oxygens (including phenoxy) is 1. The minimum Gasteiger partial charge on any atom is -0.444 e. The quantitative estimate of drug-likeness (QED) is 0.534. The Kier molecular flexibility index (Phi) is 7.27. The van der Waals surface area contributed by atoms with Crippen molar-refractivity contribution < 1.29 is 19.2 Å². The summed E-state index contributed by atoms with van der Waals surface area (Å²) in [6, 6.07) is 17.0. The molecule has 7 heteroatoms. The molecule has 2 aromatic carbocycles. The van der Waals surface area contributed by atoms with E-state index >= 15 is 0 Å². The number of ketones is 1. The summed E-state index contributed by atoms with van der Waals surface area (Å²) < 4.78 is 5.66. The van der Waals surface area contributed by atoms with E-state index in [4.69, 9.17) is 21.2 Å². The Morgan fingerprint density at radius 2 is 1.85 bits per heavy atom. The van der Waals surface area contributed by atoms with Crippen LogP contribution in [0.5, 0.6) is 0 Å². The van der Waals surface area contributed by atoms with Gasteiger partial charge in [0.2, 0.25) is 0 Å². The normalized spacial score (nSPS) is 21.1. The highest BCUT2D eigenvalue weighted by Crippen LogP contribution is 2.35. The van der Waals surface area contributed by atoms with Crippen LogP contribution >= 0.6 is 11.6 Å². The number of halogens is 1. The first-order valence-corrected chi connectivity index (χ1v) is 12.1. The fourth-order valence-electron chi connectivity index (χ4n) is 4.71. The largest absolute Gasteiger partial charge is 0.444 e. The Labute approximate surface area is 205 Å². The third-order valence-corrected chi connectivity index (χ3v) is 6.48. The lowest BCUT2D eigenvalue weighted by atomic mass is 9.81. The maximum atomic E-state index is 14.0. The molecule has 0 aromatic heterocycles. The minimum absolute atomic E-state index is 0.110. The van der Waals surface area contributed by atoms with Crippen molar-refractivity contribution in [3.05, 3.63) is 70.7 Å². The molecule has 0 unspecified atom stereocenters. The minimum atomic E-state index is -0.617. The van der Waals surface area contributed by atoms with Gasteiger partial charge in [0.15, 0.2) is 5.78 Å². The summed E-state index contributed by atoms with van der Waals surface area (Å²) in [5.74, 6) is -0.826. The summed E-state index contributed by atoms with van der Waals surface area (Å²) in [6.07, 6.45) is 1.78. The van der Waals surface area contributed by atoms with Gasteiger partial charge in [-0.05, 0) is 63.3 Å². The van der Waals surface area contributed by atoms with Crippen molar-refractivity contribution in [2.24, 2.45) is 11.1 Å². The van der Waals surface area contributed by atoms with Gasteiger partial charge in [0.25, 0.3) is 0 Å². The summed E-state index contributed by atoms with van der Waals surface area (Å²) in [5, 5.41) is 4.78. The number of likely N-dealkylation sites (tertiary alicyclic amines) is 1. The molecule has 0 bridgehead atoms. The number of hydrogen-bond acceptors (Lipinski definition) is 5. The number of amides is 1. The predicted octanol–water partition coefficient (Wildman–Crippen LogP) is 5.64. The molecule has 2 aromatic rings. The van der Waals surface area contributed by atoms with Gasteiger partial charge >= 0.3 is 6.09 Å². The number of hydrogen-bond donors (Lipinski definition) is 0. The average molecular weight is 483 g/mol. The van der Waals surface area contributed by atoms with Gasteiger partial charge in [-0.15, -0.1) is 0 Å². The number of carbonyl (C=O) groups excluding carboxylic acids is 2. The van der Waals surface area contributed by atoms with Crippen molar-refractivity contribution in [2.45, 2.75) is 57.6 Å². The first-order chi connectivity index (χ1) is 16.2.